The molecule has 2 heterocycles. The summed E-state index contributed by atoms with van der Waals surface area (Å²) in [7, 11) is -3.03. The molecule has 18 heavy (non-hydrogen) atoms. The lowest BCUT2D eigenvalue weighted by atomic mass is 10.4. The highest BCUT2D eigenvalue weighted by Crippen LogP contribution is 2.29. The van der Waals surface area contributed by atoms with E-state index in [-0.39, 0.29) is 5.75 Å². The lowest BCUT2D eigenvalue weighted by molar-refractivity contribution is 0.601. The van der Waals surface area contributed by atoms with Gasteiger partial charge in [-0.3, -0.25) is 0 Å². The van der Waals surface area contributed by atoms with E-state index in [9.17, 15) is 8.42 Å². The van der Waals surface area contributed by atoms with Crippen molar-refractivity contribution in [2.24, 2.45) is 0 Å². The topological polar surface area (TPSA) is 72.0 Å². The fraction of sp³-hybridized carbons (Fsp3) is 0.400. The van der Waals surface area contributed by atoms with E-state index in [0.29, 0.717) is 5.01 Å². The van der Waals surface area contributed by atoms with Gasteiger partial charge in [0.15, 0.2) is 15.0 Å². The van der Waals surface area contributed by atoms with Crippen LogP contribution in [0.1, 0.15) is 11.9 Å². The summed E-state index contributed by atoms with van der Waals surface area (Å²) in [5, 5.41) is 6.55. The number of aromatic nitrogens is 2. The summed E-state index contributed by atoms with van der Waals surface area (Å²) in [6, 6.07) is 0. The molecule has 0 amide bonds. The average molecular weight is 303 g/mol. The van der Waals surface area contributed by atoms with Crippen LogP contribution in [0.4, 0.5) is 5.13 Å². The zero-order chi connectivity index (χ0) is 13.2. The molecule has 5 nitrogen and oxygen atoms in total. The first-order chi connectivity index (χ1) is 8.48. The monoisotopic (exact) mass is 303 g/mol. The fourth-order valence-electron chi connectivity index (χ4n) is 1.34. The summed E-state index contributed by atoms with van der Waals surface area (Å²) in [6.45, 7) is 2.84. The van der Waals surface area contributed by atoms with Crippen LogP contribution in [0.3, 0.4) is 0 Å². The van der Waals surface area contributed by atoms with E-state index < -0.39 is 9.84 Å². The Morgan fingerprint density at radius 3 is 2.89 bits per heavy atom. The predicted molar refractivity (Wildman–Crippen MR) is 75.9 cm³/mol. The largest absolute Gasteiger partial charge is 0.362 e. The maximum Gasteiger partial charge on any atom is 0.183 e. The molecule has 0 radical (unpaired) electrons. The molecule has 0 atom stereocenters. The molecular weight excluding hydrogens is 290 g/mol. The molecule has 2 aromatic heterocycles. The smallest absolute Gasteiger partial charge is 0.183 e. The van der Waals surface area contributed by atoms with E-state index in [1.54, 1.807) is 6.20 Å². The van der Waals surface area contributed by atoms with Crippen molar-refractivity contribution in [3.8, 4) is 10.6 Å². The number of rotatable bonds is 5. The number of sulfone groups is 1. The maximum absolute atomic E-state index is 11.2. The van der Waals surface area contributed by atoms with E-state index >= 15 is 0 Å². The number of hydrogen-bond acceptors (Lipinski definition) is 7. The molecule has 0 saturated heterocycles. The van der Waals surface area contributed by atoms with E-state index in [1.807, 2.05) is 12.3 Å². The molecule has 0 unspecified atom stereocenters. The van der Waals surface area contributed by atoms with E-state index in [2.05, 4.69) is 15.3 Å². The first-order valence-electron chi connectivity index (χ1n) is 5.30. The molecule has 2 aromatic rings. The predicted octanol–water partition coefficient (Wildman–Crippen LogP) is 2.24. The molecule has 2 rings (SSSR count). The second-order valence-corrected chi connectivity index (χ2v) is 7.87. The number of nitrogens with zero attached hydrogens (tertiary/aromatic N) is 2. The van der Waals surface area contributed by atoms with Crippen LogP contribution in [0.5, 0.6) is 0 Å². The molecular formula is C10H13N3O2S3. The van der Waals surface area contributed by atoms with Crippen molar-refractivity contribution in [3.63, 3.8) is 0 Å². The quantitative estimate of drug-likeness (QED) is 0.917. The minimum absolute atomic E-state index is 0.0120. The van der Waals surface area contributed by atoms with Crippen LogP contribution in [0, 0.1) is 0 Å². The van der Waals surface area contributed by atoms with Gasteiger partial charge in [0.1, 0.15) is 10.8 Å². The Kier molecular flexibility index (Phi) is 3.98. The Bertz CT molecular complexity index is 630. The highest BCUT2D eigenvalue weighted by atomic mass is 32.2. The molecule has 0 bridgehead atoms. The van der Waals surface area contributed by atoms with Crippen LogP contribution in [-0.4, -0.2) is 31.2 Å². The van der Waals surface area contributed by atoms with Crippen molar-refractivity contribution in [1.29, 1.82) is 0 Å². The molecule has 0 spiro atoms. The van der Waals surface area contributed by atoms with E-state index in [0.717, 1.165) is 22.2 Å². The fourth-order valence-corrected chi connectivity index (χ4v) is 4.27. The summed E-state index contributed by atoms with van der Waals surface area (Å²) in [5.74, 6) is -0.0120. The van der Waals surface area contributed by atoms with Crippen molar-refractivity contribution in [1.82, 2.24) is 9.97 Å². The Morgan fingerprint density at radius 2 is 2.22 bits per heavy atom. The van der Waals surface area contributed by atoms with Crippen molar-refractivity contribution in [2.45, 2.75) is 12.7 Å². The molecule has 1 N–H and O–H groups in total. The molecule has 8 heteroatoms. The van der Waals surface area contributed by atoms with Gasteiger partial charge in [-0.1, -0.05) is 0 Å². The van der Waals surface area contributed by atoms with Crippen LogP contribution in [0.25, 0.3) is 10.6 Å². The van der Waals surface area contributed by atoms with Crippen molar-refractivity contribution >= 4 is 37.6 Å². The minimum atomic E-state index is -3.03. The minimum Gasteiger partial charge on any atom is -0.362 e. The van der Waals surface area contributed by atoms with Gasteiger partial charge in [0.2, 0.25) is 0 Å². The zero-order valence-corrected chi connectivity index (χ0v) is 12.5. The van der Waals surface area contributed by atoms with Gasteiger partial charge >= 0.3 is 0 Å². The first-order valence-corrected chi connectivity index (χ1v) is 9.06. The van der Waals surface area contributed by atoms with Crippen molar-refractivity contribution < 1.29 is 8.42 Å². The van der Waals surface area contributed by atoms with Crippen LogP contribution < -0.4 is 5.32 Å². The number of thiazole rings is 2. The van der Waals surface area contributed by atoms with Gasteiger partial charge in [0.25, 0.3) is 0 Å². The third kappa shape index (κ3) is 3.50. The summed E-state index contributed by atoms with van der Waals surface area (Å²) < 4.78 is 22.4. The molecule has 0 aliphatic rings. The zero-order valence-electron chi connectivity index (χ0n) is 10.0. The van der Waals surface area contributed by atoms with Crippen LogP contribution in [0.2, 0.25) is 0 Å². The Hall–Kier alpha value is -0.990. The third-order valence-electron chi connectivity index (χ3n) is 2.02. The van der Waals surface area contributed by atoms with Crippen molar-refractivity contribution in [3.05, 3.63) is 16.6 Å². The summed E-state index contributed by atoms with van der Waals surface area (Å²) in [6.07, 6.45) is 2.89. The van der Waals surface area contributed by atoms with Gasteiger partial charge in [-0.15, -0.1) is 22.7 Å². The molecule has 0 aromatic carbocycles. The highest BCUT2D eigenvalue weighted by Gasteiger charge is 2.12. The van der Waals surface area contributed by atoms with Gasteiger partial charge in [0.05, 0.1) is 10.6 Å². The van der Waals surface area contributed by atoms with Gasteiger partial charge in [-0.25, -0.2) is 18.4 Å². The summed E-state index contributed by atoms with van der Waals surface area (Å²) >= 11 is 2.90. The van der Waals surface area contributed by atoms with Gasteiger partial charge < -0.3 is 5.32 Å². The standard InChI is InChI=1S/C10H13N3O2S3/c1-3-11-10-13-7(5-16-10)8-4-12-9(17-8)6-18(2,14)15/h4-5H,3,6H2,1-2H3,(H,11,13). The molecule has 0 aliphatic heterocycles. The SMILES string of the molecule is CCNc1nc(-c2cnc(CS(C)(=O)=O)s2)cs1. The Balaban J connectivity index is 2.18. The molecule has 0 saturated carbocycles. The average Bonchev–Trinajstić information content (AvgIpc) is 2.85. The second kappa shape index (κ2) is 5.33. The van der Waals surface area contributed by atoms with Crippen LogP contribution in [-0.2, 0) is 15.6 Å². The number of nitrogens with one attached hydrogen (secondary N) is 1. The van der Waals surface area contributed by atoms with Crippen LogP contribution >= 0.6 is 22.7 Å². The normalized spacial score (nSPS) is 11.7. The lowest BCUT2D eigenvalue weighted by Crippen LogP contribution is -1.99. The van der Waals surface area contributed by atoms with Crippen molar-refractivity contribution in [2.75, 3.05) is 18.1 Å². The number of anilines is 1. The third-order valence-corrected chi connectivity index (χ3v) is 4.82. The van der Waals surface area contributed by atoms with Gasteiger partial charge in [-0.05, 0) is 6.92 Å². The molecule has 0 fully saturated rings. The van der Waals surface area contributed by atoms with Gasteiger partial charge in [0, 0.05) is 24.4 Å². The Labute approximate surface area is 114 Å². The van der Waals surface area contributed by atoms with Gasteiger partial charge in [-0.2, -0.15) is 0 Å². The second-order valence-electron chi connectivity index (χ2n) is 3.76. The summed E-state index contributed by atoms with van der Waals surface area (Å²) in [4.78, 5) is 9.42. The maximum atomic E-state index is 11.2. The Morgan fingerprint density at radius 1 is 1.44 bits per heavy atom. The first kappa shape index (κ1) is 13.4. The van der Waals surface area contributed by atoms with Crippen LogP contribution in [0.15, 0.2) is 11.6 Å². The van der Waals surface area contributed by atoms with E-state index in [1.165, 1.54) is 28.9 Å². The molecule has 98 valence electrons. The summed E-state index contributed by atoms with van der Waals surface area (Å²) in [5.41, 5.74) is 0.841. The van der Waals surface area contributed by atoms with E-state index in [4.69, 9.17) is 0 Å². The lowest BCUT2D eigenvalue weighted by Gasteiger charge is -1.93. The number of hydrogen-bond donors (Lipinski definition) is 1. The highest BCUT2D eigenvalue weighted by molar-refractivity contribution is 7.90. The molecule has 0 aliphatic carbocycles.